The van der Waals surface area contributed by atoms with Crippen molar-refractivity contribution in [2.24, 2.45) is 0 Å². The molecule has 3 rings (SSSR count). The van der Waals surface area contributed by atoms with Crippen LogP contribution >= 0.6 is 11.6 Å². The van der Waals surface area contributed by atoms with E-state index in [0.717, 1.165) is 23.6 Å². The van der Waals surface area contributed by atoms with Crippen LogP contribution in [0.5, 0.6) is 0 Å². The zero-order valence-electron chi connectivity index (χ0n) is 13.1. The topological polar surface area (TPSA) is 34.0 Å². The second kappa shape index (κ2) is 6.88. The maximum Gasteiger partial charge on any atom is 0.220 e. The van der Waals surface area contributed by atoms with Gasteiger partial charge >= 0.3 is 0 Å². The number of hydrogen-bond acceptors (Lipinski definition) is 1. The van der Waals surface area contributed by atoms with E-state index < -0.39 is 0 Å². The summed E-state index contributed by atoms with van der Waals surface area (Å²) in [4.78, 5) is 11.5. The maximum atomic E-state index is 11.5. The first-order chi connectivity index (χ1) is 11.2. The van der Waals surface area contributed by atoms with Gasteiger partial charge in [0.15, 0.2) is 0 Å². The van der Waals surface area contributed by atoms with Crippen LogP contribution in [0.3, 0.4) is 0 Å². The third-order valence-electron chi connectivity index (χ3n) is 4.07. The monoisotopic (exact) mass is 326 g/mol. The molecule has 118 valence electrons. The SMILES string of the molecule is CNC(=O)CCc1cn(Cc2ccccc2Cl)c2ccccc12. The molecule has 2 aromatic carbocycles. The summed E-state index contributed by atoms with van der Waals surface area (Å²) < 4.78 is 2.20. The summed E-state index contributed by atoms with van der Waals surface area (Å²) in [5.41, 5.74) is 3.45. The first-order valence-electron chi connectivity index (χ1n) is 7.70. The van der Waals surface area contributed by atoms with Gasteiger partial charge in [-0.3, -0.25) is 4.79 Å². The second-order valence-corrected chi connectivity index (χ2v) is 5.97. The summed E-state index contributed by atoms with van der Waals surface area (Å²) in [7, 11) is 1.67. The van der Waals surface area contributed by atoms with E-state index in [4.69, 9.17) is 11.6 Å². The van der Waals surface area contributed by atoms with Gasteiger partial charge in [-0.25, -0.2) is 0 Å². The molecule has 0 fully saturated rings. The average molecular weight is 327 g/mol. The third-order valence-corrected chi connectivity index (χ3v) is 4.44. The third kappa shape index (κ3) is 3.40. The van der Waals surface area contributed by atoms with Crippen molar-refractivity contribution >= 4 is 28.4 Å². The zero-order valence-corrected chi connectivity index (χ0v) is 13.8. The van der Waals surface area contributed by atoms with Crippen LogP contribution in [0.2, 0.25) is 5.02 Å². The van der Waals surface area contributed by atoms with Crippen molar-refractivity contribution in [1.29, 1.82) is 0 Å². The van der Waals surface area contributed by atoms with E-state index in [1.807, 2.05) is 36.4 Å². The molecule has 0 aliphatic rings. The Morgan fingerprint density at radius 1 is 1.09 bits per heavy atom. The van der Waals surface area contributed by atoms with Gasteiger partial charge in [0.25, 0.3) is 0 Å². The van der Waals surface area contributed by atoms with E-state index in [1.165, 1.54) is 16.5 Å². The lowest BCUT2D eigenvalue weighted by molar-refractivity contribution is -0.120. The molecule has 4 heteroatoms. The number of carbonyl (C=O) groups excluding carboxylic acids is 1. The highest BCUT2D eigenvalue weighted by atomic mass is 35.5. The van der Waals surface area contributed by atoms with Gasteiger partial charge in [0.05, 0.1) is 0 Å². The Hall–Kier alpha value is -2.26. The molecular weight excluding hydrogens is 308 g/mol. The fourth-order valence-electron chi connectivity index (χ4n) is 2.84. The quantitative estimate of drug-likeness (QED) is 0.755. The number of aromatic nitrogens is 1. The van der Waals surface area contributed by atoms with Gasteiger partial charge in [0, 0.05) is 42.1 Å². The van der Waals surface area contributed by atoms with Gasteiger partial charge in [-0.1, -0.05) is 48.0 Å². The molecule has 0 atom stereocenters. The predicted octanol–water partition coefficient (Wildman–Crippen LogP) is 4.02. The highest BCUT2D eigenvalue weighted by Gasteiger charge is 2.10. The Kier molecular flexibility index (Phi) is 4.68. The molecule has 0 spiro atoms. The highest BCUT2D eigenvalue weighted by molar-refractivity contribution is 6.31. The minimum atomic E-state index is 0.0629. The van der Waals surface area contributed by atoms with Crippen molar-refractivity contribution in [3.8, 4) is 0 Å². The van der Waals surface area contributed by atoms with Crippen LogP contribution in [0.15, 0.2) is 54.7 Å². The summed E-state index contributed by atoms with van der Waals surface area (Å²) in [5.74, 6) is 0.0629. The number of amides is 1. The second-order valence-electron chi connectivity index (χ2n) is 5.56. The lowest BCUT2D eigenvalue weighted by Crippen LogP contribution is -2.17. The van der Waals surface area contributed by atoms with Crippen molar-refractivity contribution in [3.05, 3.63) is 70.9 Å². The molecular formula is C19H19ClN2O. The van der Waals surface area contributed by atoms with E-state index in [1.54, 1.807) is 7.05 Å². The molecule has 3 aromatic rings. The summed E-state index contributed by atoms with van der Waals surface area (Å²) in [6.45, 7) is 0.722. The van der Waals surface area contributed by atoms with Gasteiger partial charge in [-0.15, -0.1) is 0 Å². The fraction of sp³-hybridized carbons (Fsp3) is 0.211. The summed E-state index contributed by atoms with van der Waals surface area (Å²) in [5, 5.41) is 4.65. The van der Waals surface area contributed by atoms with E-state index in [0.29, 0.717) is 6.42 Å². The van der Waals surface area contributed by atoms with E-state index in [2.05, 4.69) is 28.2 Å². The molecule has 0 radical (unpaired) electrons. The van der Waals surface area contributed by atoms with Crippen LogP contribution in [-0.2, 0) is 17.8 Å². The number of hydrogen-bond donors (Lipinski definition) is 1. The minimum absolute atomic E-state index is 0.0629. The molecule has 0 unspecified atom stereocenters. The summed E-state index contributed by atoms with van der Waals surface area (Å²) in [6, 6.07) is 16.2. The predicted molar refractivity (Wildman–Crippen MR) is 94.9 cm³/mol. The Bertz CT molecular complexity index is 838. The molecule has 3 nitrogen and oxygen atoms in total. The van der Waals surface area contributed by atoms with Crippen LogP contribution in [0, 0.1) is 0 Å². The lowest BCUT2D eigenvalue weighted by Gasteiger charge is -2.07. The number of benzene rings is 2. The molecule has 0 saturated heterocycles. The lowest BCUT2D eigenvalue weighted by atomic mass is 10.1. The molecule has 23 heavy (non-hydrogen) atoms. The number of para-hydroxylation sites is 1. The number of nitrogens with one attached hydrogen (secondary N) is 1. The molecule has 1 amide bonds. The summed E-state index contributed by atoms with van der Waals surface area (Å²) in [6.07, 6.45) is 3.36. The number of rotatable bonds is 5. The van der Waals surface area contributed by atoms with Crippen LogP contribution in [-0.4, -0.2) is 17.5 Å². The van der Waals surface area contributed by atoms with Crippen molar-refractivity contribution in [1.82, 2.24) is 9.88 Å². The van der Waals surface area contributed by atoms with Gasteiger partial charge < -0.3 is 9.88 Å². The minimum Gasteiger partial charge on any atom is -0.359 e. The number of halogens is 1. The average Bonchev–Trinajstić information content (AvgIpc) is 2.93. The molecule has 1 aromatic heterocycles. The first kappa shape index (κ1) is 15.6. The van der Waals surface area contributed by atoms with Gasteiger partial charge in [-0.2, -0.15) is 0 Å². The molecule has 0 aliphatic carbocycles. The van der Waals surface area contributed by atoms with Crippen LogP contribution in [0.4, 0.5) is 0 Å². The number of carbonyl (C=O) groups is 1. The van der Waals surface area contributed by atoms with Crippen LogP contribution < -0.4 is 5.32 Å². The Morgan fingerprint density at radius 2 is 1.83 bits per heavy atom. The fourth-order valence-corrected chi connectivity index (χ4v) is 3.03. The normalized spacial score (nSPS) is 10.9. The van der Waals surface area contributed by atoms with Crippen LogP contribution in [0.25, 0.3) is 10.9 Å². The van der Waals surface area contributed by atoms with E-state index in [9.17, 15) is 4.79 Å². The molecule has 1 heterocycles. The number of fused-ring (bicyclic) bond motifs is 1. The molecule has 0 aliphatic heterocycles. The van der Waals surface area contributed by atoms with Crippen molar-refractivity contribution in [2.75, 3.05) is 7.05 Å². The van der Waals surface area contributed by atoms with Gasteiger partial charge in [0.2, 0.25) is 5.91 Å². The smallest absolute Gasteiger partial charge is 0.220 e. The van der Waals surface area contributed by atoms with Gasteiger partial charge in [0.1, 0.15) is 0 Å². The van der Waals surface area contributed by atoms with E-state index >= 15 is 0 Å². The standard InChI is InChI=1S/C19H19ClN2O/c1-21-19(23)11-10-14-12-22(18-9-5-3-7-16(14)18)13-15-6-2-4-8-17(15)20/h2-9,12H,10-11,13H2,1H3,(H,21,23). The number of nitrogens with zero attached hydrogens (tertiary/aromatic N) is 1. The largest absolute Gasteiger partial charge is 0.359 e. The van der Waals surface area contributed by atoms with Crippen molar-refractivity contribution in [3.63, 3.8) is 0 Å². The molecule has 1 N–H and O–H groups in total. The maximum absolute atomic E-state index is 11.5. The van der Waals surface area contributed by atoms with Crippen molar-refractivity contribution in [2.45, 2.75) is 19.4 Å². The first-order valence-corrected chi connectivity index (χ1v) is 8.07. The Balaban J connectivity index is 1.94. The van der Waals surface area contributed by atoms with Crippen molar-refractivity contribution < 1.29 is 4.79 Å². The van der Waals surface area contributed by atoms with Crippen LogP contribution in [0.1, 0.15) is 17.5 Å². The molecule has 0 saturated carbocycles. The molecule has 0 bridgehead atoms. The zero-order chi connectivity index (χ0) is 16.2. The highest BCUT2D eigenvalue weighted by Crippen LogP contribution is 2.25. The number of aryl methyl sites for hydroxylation is 1. The Labute approximate surface area is 140 Å². The van der Waals surface area contributed by atoms with Gasteiger partial charge in [-0.05, 0) is 29.7 Å². The van der Waals surface area contributed by atoms with E-state index in [-0.39, 0.29) is 5.91 Å². The summed E-state index contributed by atoms with van der Waals surface area (Å²) >= 11 is 6.29. The Morgan fingerprint density at radius 3 is 2.61 bits per heavy atom.